The summed E-state index contributed by atoms with van der Waals surface area (Å²) in [5.74, 6) is -1.85. The minimum absolute atomic E-state index is 0.222. The molecular formula is C13H16N2O3. The number of aliphatic carboxylic acids is 1. The van der Waals surface area contributed by atoms with E-state index in [4.69, 9.17) is 5.11 Å². The van der Waals surface area contributed by atoms with Crippen LogP contribution in [0.1, 0.15) is 19.8 Å². The Kier molecular flexibility index (Phi) is 3.60. The molecule has 0 aromatic carbocycles. The maximum absolute atomic E-state index is 12.1. The van der Waals surface area contributed by atoms with Gasteiger partial charge in [-0.2, -0.15) is 0 Å². The van der Waals surface area contributed by atoms with Crippen LogP contribution in [0.4, 0.5) is 5.69 Å². The molecule has 3 unspecified atom stereocenters. The van der Waals surface area contributed by atoms with Crippen molar-refractivity contribution in [2.45, 2.75) is 19.8 Å². The van der Waals surface area contributed by atoms with Crippen LogP contribution >= 0.6 is 0 Å². The first kappa shape index (κ1) is 12.5. The highest BCUT2D eigenvalue weighted by molar-refractivity contribution is 5.95. The average Bonchev–Trinajstić information content (AvgIpc) is 2.73. The summed E-state index contributed by atoms with van der Waals surface area (Å²) in [4.78, 5) is 27.1. The third-order valence-corrected chi connectivity index (χ3v) is 3.38. The van der Waals surface area contributed by atoms with E-state index in [0.717, 1.165) is 0 Å². The number of carboxylic acid groups (broad SMARTS) is 1. The summed E-state index contributed by atoms with van der Waals surface area (Å²) in [6.07, 6.45) is 4.36. The fourth-order valence-electron chi connectivity index (χ4n) is 2.53. The smallest absolute Gasteiger partial charge is 0.307 e. The molecular weight excluding hydrogens is 232 g/mol. The van der Waals surface area contributed by atoms with Crippen molar-refractivity contribution in [2.75, 3.05) is 5.32 Å². The molecule has 0 aliphatic heterocycles. The van der Waals surface area contributed by atoms with E-state index in [0.29, 0.717) is 18.5 Å². The van der Waals surface area contributed by atoms with Crippen molar-refractivity contribution in [3.63, 3.8) is 0 Å². The summed E-state index contributed by atoms with van der Waals surface area (Å²) >= 11 is 0. The van der Waals surface area contributed by atoms with Gasteiger partial charge in [-0.1, -0.05) is 6.92 Å². The monoisotopic (exact) mass is 248 g/mol. The van der Waals surface area contributed by atoms with Gasteiger partial charge in [0.1, 0.15) is 0 Å². The van der Waals surface area contributed by atoms with Gasteiger partial charge in [0.15, 0.2) is 0 Å². The second-order valence-corrected chi connectivity index (χ2v) is 4.86. The molecule has 96 valence electrons. The van der Waals surface area contributed by atoms with E-state index in [1.807, 2.05) is 6.92 Å². The van der Waals surface area contributed by atoms with E-state index < -0.39 is 17.8 Å². The lowest BCUT2D eigenvalue weighted by atomic mass is 9.95. The van der Waals surface area contributed by atoms with Gasteiger partial charge in [-0.05, 0) is 30.9 Å². The molecule has 1 amide bonds. The van der Waals surface area contributed by atoms with Crippen LogP contribution in [0.5, 0.6) is 0 Å². The Morgan fingerprint density at radius 1 is 1.39 bits per heavy atom. The van der Waals surface area contributed by atoms with Crippen LogP contribution in [0.15, 0.2) is 24.5 Å². The number of hydrogen-bond acceptors (Lipinski definition) is 3. The first-order valence-corrected chi connectivity index (χ1v) is 6.01. The van der Waals surface area contributed by atoms with Crippen LogP contribution in [-0.2, 0) is 9.59 Å². The highest BCUT2D eigenvalue weighted by Crippen LogP contribution is 2.37. The van der Waals surface area contributed by atoms with Crippen molar-refractivity contribution in [3.8, 4) is 0 Å². The Morgan fingerprint density at radius 3 is 2.72 bits per heavy atom. The molecule has 3 atom stereocenters. The Hall–Kier alpha value is -1.91. The molecule has 1 aliphatic rings. The molecule has 0 radical (unpaired) electrons. The topological polar surface area (TPSA) is 79.3 Å². The van der Waals surface area contributed by atoms with E-state index in [9.17, 15) is 9.59 Å². The lowest BCUT2D eigenvalue weighted by molar-refractivity contribution is -0.145. The van der Waals surface area contributed by atoms with Crippen LogP contribution in [0.3, 0.4) is 0 Å². The quantitative estimate of drug-likeness (QED) is 0.854. The summed E-state index contributed by atoms with van der Waals surface area (Å²) < 4.78 is 0. The predicted octanol–water partition coefficient (Wildman–Crippen LogP) is 1.77. The second kappa shape index (κ2) is 5.16. The van der Waals surface area contributed by atoms with Crippen molar-refractivity contribution in [3.05, 3.63) is 24.5 Å². The number of hydrogen-bond donors (Lipinski definition) is 2. The molecule has 2 N–H and O–H groups in total. The molecule has 1 heterocycles. The zero-order valence-electron chi connectivity index (χ0n) is 10.2. The molecule has 0 saturated heterocycles. The predicted molar refractivity (Wildman–Crippen MR) is 65.9 cm³/mol. The summed E-state index contributed by atoms with van der Waals surface area (Å²) in [5.41, 5.74) is 0.603. The van der Waals surface area contributed by atoms with E-state index in [1.54, 1.807) is 24.5 Å². The molecule has 1 aromatic heterocycles. The average molecular weight is 248 g/mol. The molecule has 0 bridgehead atoms. The fraction of sp³-hybridized carbons (Fsp3) is 0.462. The fourth-order valence-corrected chi connectivity index (χ4v) is 2.53. The number of carboxylic acids is 1. The number of aromatic nitrogens is 1. The number of rotatable bonds is 3. The first-order valence-electron chi connectivity index (χ1n) is 6.01. The number of carbonyl (C=O) groups is 2. The van der Waals surface area contributed by atoms with Crippen LogP contribution in [0, 0.1) is 17.8 Å². The third-order valence-electron chi connectivity index (χ3n) is 3.38. The van der Waals surface area contributed by atoms with Crippen molar-refractivity contribution < 1.29 is 14.7 Å². The van der Waals surface area contributed by atoms with Crippen LogP contribution in [0.25, 0.3) is 0 Å². The normalized spacial score (nSPS) is 26.8. The van der Waals surface area contributed by atoms with Crippen molar-refractivity contribution in [1.82, 2.24) is 4.98 Å². The standard InChI is InChI=1S/C13H16N2O3/c1-8-5-10(11(6-8)13(17)18)12(16)15-9-3-2-4-14-7-9/h2-4,7-8,10-11H,5-6H2,1H3,(H,15,16)(H,17,18). The van der Waals surface area contributed by atoms with Gasteiger partial charge < -0.3 is 10.4 Å². The van der Waals surface area contributed by atoms with Gasteiger partial charge in [0.2, 0.25) is 5.91 Å². The van der Waals surface area contributed by atoms with Crippen molar-refractivity contribution in [1.29, 1.82) is 0 Å². The van der Waals surface area contributed by atoms with Crippen LogP contribution < -0.4 is 5.32 Å². The number of amides is 1. The van der Waals surface area contributed by atoms with Crippen LogP contribution in [-0.4, -0.2) is 22.0 Å². The van der Waals surface area contributed by atoms with Crippen LogP contribution in [0.2, 0.25) is 0 Å². The van der Waals surface area contributed by atoms with E-state index in [1.165, 1.54) is 0 Å². The third kappa shape index (κ3) is 2.67. The van der Waals surface area contributed by atoms with Gasteiger partial charge in [-0.15, -0.1) is 0 Å². The minimum atomic E-state index is -0.884. The Balaban J connectivity index is 2.06. The summed E-state index contributed by atoms with van der Waals surface area (Å²) in [6, 6.07) is 3.46. The van der Waals surface area contributed by atoms with E-state index in [-0.39, 0.29) is 11.8 Å². The molecule has 5 nitrogen and oxygen atoms in total. The zero-order chi connectivity index (χ0) is 13.1. The summed E-state index contributed by atoms with van der Waals surface area (Å²) in [6.45, 7) is 1.98. The molecule has 1 aromatic rings. The first-order chi connectivity index (χ1) is 8.58. The summed E-state index contributed by atoms with van der Waals surface area (Å²) in [7, 11) is 0. The van der Waals surface area contributed by atoms with Crippen molar-refractivity contribution >= 4 is 17.6 Å². The molecule has 18 heavy (non-hydrogen) atoms. The summed E-state index contributed by atoms with van der Waals surface area (Å²) in [5, 5.41) is 11.8. The highest BCUT2D eigenvalue weighted by Gasteiger charge is 2.41. The Morgan fingerprint density at radius 2 is 2.11 bits per heavy atom. The Bertz CT molecular complexity index is 447. The second-order valence-electron chi connectivity index (χ2n) is 4.86. The molecule has 0 spiro atoms. The number of nitrogens with one attached hydrogen (secondary N) is 1. The largest absolute Gasteiger partial charge is 0.481 e. The van der Waals surface area contributed by atoms with Gasteiger partial charge >= 0.3 is 5.97 Å². The Labute approximate surface area is 105 Å². The zero-order valence-corrected chi connectivity index (χ0v) is 10.2. The maximum atomic E-state index is 12.1. The number of pyridine rings is 1. The molecule has 5 heteroatoms. The van der Waals surface area contributed by atoms with Gasteiger partial charge in [-0.25, -0.2) is 0 Å². The van der Waals surface area contributed by atoms with Gasteiger partial charge in [-0.3, -0.25) is 14.6 Å². The number of nitrogens with zero attached hydrogens (tertiary/aromatic N) is 1. The molecule has 1 saturated carbocycles. The van der Waals surface area contributed by atoms with E-state index in [2.05, 4.69) is 10.3 Å². The number of anilines is 1. The lowest BCUT2D eigenvalue weighted by Crippen LogP contribution is -2.30. The molecule has 1 fully saturated rings. The number of carbonyl (C=O) groups excluding carboxylic acids is 1. The van der Waals surface area contributed by atoms with Crippen molar-refractivity contribution in [2.24, 2.45) is 17.8 Å². The highest BCUT2D eigenvalue weighted by atomic mass is 16.4. The maximum Gasteiger partial charge on any atom is 0.307 e. The minimum Gasteiger partial charge on any atom is -0.481 e. The van der Waals surface area contributed by atoms with Gasteiger partial charge in [0, 0.05) is 6.20 Å². The molecule has 1 aliphatic carbocycles. The lowest BCUT2D eigenvalue weighted by Gasteiger charge is -2.15. The van der Waals surface area contributed by atoms with Gasteiger partial charge in [0.25, 0.3) is 0 Å². The molecule has 2 rings (SSSR count). The van der Waals surface area contributed by atoms with Gasteiger partial charge in [0.05, 0.1) is 23.7 Å². The van der Waals surface area contributed by atoms with E-state index >= 15 is 0 Å². The SMILES string of the molecule is CC1CC(C(=O)O)C(C(=O)Nc2cccnc2)C1.